The second-order valence-corrected chi connectivity index (χ2v) is 5.68. The van der Waals surface area contributed by atoms with Crippen LogP contribution in [0.4, 0.5) is 4.39 Å². The second-order valence-electron chi connectivity index (χ2n) is 4.69. The summed E-state index contributed by atoms with van der Waals surface area (Å²) in [6.07, 6.45) is 0. The molecule has 3 heteroatoms. The summed E-state index contributed by atoms with van der Waals surface area (Å²) in [6.45, 7) is 6.09. The van der Waals surface area contributed by atoms with Crippen molar-refractivity contribution in [3.63, 3.8) is 0 Å². The molecule has 2 aromatic rings. The Balaban J connectivity index is 0.000000774. The van der Waals surface area contributed by atoms with E-state index in [0.29, 0.717) is 11.3 Å². The van der Waals surface area contributed by atoms with Crippen LogP contribution in [0.25, 0.3) is 0 Å². The highest BCUT2D eigenvalue weighted by molar-refractivity contribution is 7.98. The quantitative estimate of drug-likeness (QED) is 0.643. The van der Waals surface area contributed by atoms with E-state index in [1.54, 1.807) is 6.07 Å². The van der Waals surface area contributed by atoms with Crippen LogP contribution < -0.4 is 0 Å². The predicted molar refractivity (Wildman–Crippen MR) is 86.0 cm³/mol. The molecule has 1 nitrogen and oxygen atoms in total. The molecular weight excluding hydrogens is 281 g/mol. The smallest absolute Gasteiger partial charge is 0.137 e. The molecule has 0 aromatic heterocycles. The lowest BCUT2D eigenvalue weighted by atomic mass is 9.89. The molecule has 0 saturated carbocycles. The molecule has 0 spiro atoms. The maximum absolute atomic E-state index is 13.9. The lowest BCUT2D eigenvalue weighted by Gasteiger charge is -2.15. The van der Waals surface area contributed by atoms with Gasteiger partial charge in [-0.05, 0) is 34.9 Å². The minimum absolute atomic E-state index is 0.150. The van der Waals surface area contributed by atoms with Gasteiger partial charge < -0.3 is 0 Å². The number of halogens is 1. The lowest BCUT2D eigenvalue weighted by Crippen LogP contribution is -2.00. The Labute approximate surface area is 129 Å². The molecule has 0 N–H and O–H groups in total. The number of nitrogens with zero attached hydrogens (tertiary/aromatic N) is 1. The van der Waals surface area contributed by atoms with E-state index in [1.165, 1.54) is 23.4 Å². The largest absolute Gasteiger partial charge is 0.206 e. The zero-order valence-electron chi connectivity index (χ0n) is 12.5. The van der Waals surface area contributed by atoms with Crippen molar-refractivity contribution in [3.05, 3.63) is 64.5 Å². The number of fused-ring (bicyclic) bond motifs is 2. The van der Waals surface area contributed by atoms with Gasteiger partial charge in [-0.1, -0.05) is 39.0 Å². The van der Waals surface area contributed by atoms with Crippen LogP contribution in [0.3, 0.4) is 0 Å². The molecule has 1 heterocycles. The molecule has 0 amide bonds. The zero-order valence-corrected chi connectivity index (χ0v) is 13.3. The summed E-state index contributed by atoms with van der Waals surface area (Å²) in [5, 5.41) is 8.98. The van der Waals surface area contributed by atoms with Gasteiger partial charge in [0.25, 0.3) is 0 Å². The van der Waals surface area contributed by atoms with Crippen LogP contribution in [-0.4, -0.2) is 0 Å². The summed E-state index contributed by atoms with van der Waals surface area (Å²) in [5.74, 6) is 0.717. The van der Waals surface area contributed by atoms with Crippen LogP contribution in [0, 0.1) is 17.1 Å². The van der Waals surface area contributed by atoms with E-state index in [1.807, 2.05) is 38.1 Å². The van der Waals surface area contributed by atoms with Crippen LogP contribution in [0.2, 0.25) is 0 Å². The Hall–Kier alpha value is -1.79. The summed E-state index contributed by atoms with van der Waals surface area (Å²) in [4.78, 5) is 0.740. The van der Waals surface area contributed by atoms with Crippen LogP contribution in [0.1, 0.15) is 48.9 Å². The van der Waals surface area contributed by atoms with Crippen molar-refractivity contribution in [1.82, 2.24) is 0 Å². The van der Waals surface area contributed by atoms with Gasteiger partial charge in [0.05, 0.1) is 11.6 Å². The summed E-state index contributed by atoms with van der Waals surface area (Å²) < 4.78 is 13.9. The standard InChI is InChI=1S/C16H12FNS.C2H6/c1-10-13-6-5-11(8-18)7-12(13)9-19-16-14(10)3-2-4-15(16)17;1-2/h2-7,10H,9H2,1H3;1-2H3. The fourth-order valence-corrected chi connectivity index (χ4v) is 3.73. The second kappa shape index (κ2) is 6.78. The molecular formula is C18H18FNS. The van der Waals surface area contributed by atoms with Gasteiger partial charge in [-0.2, -0.15) is 5.26 Å². The third kappa shape index (κ3) is 2.96. The fraction of sp³-hybridized carbons (Fsp3) is 0.278. The van der Waals surface area contributed by atoms with E-state index in [9.17, 15) is 4.39 Å². The van der Waals surface area contributed by atoms with Crippen molar-refractivity contribution in [1.29, 1.82) is 5.26 Å². The first-order chi connectivity index (χ1) is 10.2. The van der Waals surface area contributed by atoms with Crippen LogP contribution in [-0.2, 0) is 5.75 Å². The van der Waals surface area contributed by atoms with Gasteiger partial charge in [-0.3, -0.25) is 0 Å². The Morgan fingerprint density at radius 2 is 1.95 bits per heavy atom. The SMILES string of the molecule is CC.CC1c2ccc(C#N)cc2CSc2c(F)cccc21. The molecule has 0 aliphatic carbocycles. The first-order valence-electron chi connectivity index (χ1n) is 7.15. The molecule has 1 unspecified atom stereocenters. The fourth-order valence-electron chi connectivity index (χ4n) is 2.56. The summed E-state index contributed by atoms with van der Waals surface area (Å²) in [7, 11) is 0. The van der Waals surface area contributed by atoms with Gasteiger partial charge >= 0.3 is 0 Å². The van der Waals surface area contributed by atoms with Crippen molar-refractivity contribution in [3.8, 4) is 6.07 Å². The molecule has 1 aliphatic heterocycles. The third-order valence-electron chi connectivity index (χ3n) is 3.57. The lowest BCUT2D eigenvalue weighted by molar-refractivity contribution is 0.595. The number of thioether (sulfide) groups is 1. The van der Waals surface area contributed by atoms with Crippen molar-refractivity contribution in [2.75, 3.05) is 0 Å². The normalized spacial score (nSPS) is 15.7. The van der Waals surface area contributed by atoms with E-state index in [0.717, 1.165) is 16.0 Å². The van der Waals surface area contributed by atoms with E-state index < -0.39 is 0 Å². The minimum atomic E-state index is -0.150. The Kier molecular flexibility index (Phi) is 5.03. The maximum atomic E-state index is 13.9. The molecule has 0 bridgehead atoms. The van der Waals surface area contributed by atoms with Gasteiger partial charge in [0.15, 0.2) is 0 Å². The van der Waals surface area contributed by atoms with Crippen molar-refractivity contribution in [2.45, 2.75) is 37.3 Å². The third-order valence-corrected chi connectivity index (χ3v) is 4.75. The molecule has 0 fully saturated rings. The number of rotatable bonds is 0. The topological polar surface area (TPSA) is 23.8 Å². The highest BCUT2D eigenvalue weighted by Crippen LogP contribution is 2.41. The summed E-state index contributed by atoms with van der Waals surface area (Å²) in [6, 6.07) is 13.2. The molecule has 21 heavy (non-hydrogen) atoms. The van der Waals surface area contributed by atoms with Crippen molar-refractivity contribution in [2.24, 2.45) is 0 Å². The average Bonchev–Trinajstić information content (AvgIpc) is 2.67. The van der Waals surface area contributed by atoms with Gasteiger partial charge in [0.2, 0.25) is 0 Å². The van der Waals surface area contributed by atoms with E-state index in [-0.39, 0.29) is 11.7 Å². The first kappa shape index (κ1) is 15.6. The van der Waals surface area contributed by atoms with E-state index in [2.05, 4.69) is 13.0 Å². The summed E-state index contributed by atoms with van der Waals surface area (Å²) in [5.41, 5.74) is 4.02. The molecule has 1 aliphatic rings. The highest BCUT2D eigenvalue weighted by atomic mass is 32.2. The number of benzene rings is 2. The molecule has 0 saturated heterocycles. The predicted octanol–water partition coefficient (Wildman–Crippen LogP) is 5.48. The molecule has 108 valence electrons. The number of hydrogen-bond donors (Lipinski definition) is 0. The highest BCUT2D eigenvalue weighted by Gasteiger charge is 2.22. The minimum Gasteiger partial charge on any atom is -0.206 e. The molecule has 2 aromatic carbocycles. The van der Waals surface area contributed by atoms with Crippen LogP contribution in [0.15, 0.2) is 41.3 Å². The van der Waals surface area contributed by atoms with Gasteiger partial charge in [0, 0.05) is 16.6 Å². The zero-order chi connectivity index (χ0) is 15.4. The monoisotopic (exact) mass is 299 g/mol. The van der Waals surface area contributed by atoms with Gasteiger partial charge in [-0.15, -0.1) is 11.8 Å². The van der Waals surface area contributed by atoms with Gasteiger partial charge in [-0.25, -0.2) is 4.39 Å². The maximum Gasteiger partial charge on any atom is 0.137 e. The average molecular weight is 299 g/mol. The number of nitriles is 1. The van der Waals surface area contributed by atoms with Crippen molar-refractivity contribution < 1.29 is 4.39 Å². The molecule has 0 radical (unpaired) electrons. The van der Waals surface area contributed by atoms with E-state index in [4.69, 9.17) is 5.26 Å². The Morgan fingerprint density at radius 1 is 1.19 bits per heavy atom. The van der Waals surface area contributed by atoms with Gasteiger partial charge in [0.1, 0.15) is 5.82 Å². The van der Waals surface area contributed by atoms with Crippen LogP contribution in [0.5, 0.6) is 0 Å². The number of hydrogen-bond acceptors (Lipinski definition) is 2. The van der Waals surface area contributed by atoms with Crippen molar-refractivity contribution >= 4 is 11.8 Å². The Morgan fingerprint density at radius 3 is 2.67 bits per heavy atom. The van der Waals surface area contributed by atoms with Crippen LogP contribution >= 0.6 is 11.8 Å². The summed E-state index contributed by atoms with van der Waals surface area (Å²) >= 11 is 1.52. The van der Waals surface area contributed by atoms with E-state index >= 15 is 0 Å². The first-order valence-corrected chi connectivity index (χ1v) is 8.13. The molecule has 3 rings (SSSR count). The Bertz CT molecular complexity index is 688. The molecule has 1 atom stereocenters.